The third-order valence-corrected chi connectivity index (χ3v) is 5.81. The summed E-state index contributed by atoms with van der Waals surface area (Å²) < 4.78 is 0. The van der Waals surface area contributed by atoms with Gasteiger partial charge in [-0.05, 0) is 37.3 Å². The Labute approximate surface area is 168 Å². The average Bonchev–Trinajstić information content (AvgIpc) is 3.51. The molecular weight excluding hydrogens is 384 g/mol. The predicted molar refractivity (Wildman–Crippen MR) is 112 cm³/mol. The van der Waals surface area contributed by atoms with Crippen LogP contribution < -0.4 is 0 Å². The molecule has 6 heterocycles. The highest BCUT2D eigenvalue weighted by Crippen LogP contribution is 2.33. The molecule has 29 heavy (non-hydrogen) atoms. The second kappa shape index (κ2) is 6.08. The number of nitrogens with one attached hydrogen (secondary N) is 3. The van der Waals surface area contributed by atoms with Crippen LogP contribution >= 0.6 is 11.3 Å². The maximum absolute atomic E-state index is 4.83. The summed E-state index contributed by atoms with van der Waals surface area (Å²) in [7, 11) is 0. The van der Waals surface area contributed by atoms with Crippen molar-refractivity contribution in [3.63, 3.8) is 0 Å². The summed E-state index contributed by atoms with van der Waals surface area (Å²) >= 11 is 1.71. The number of nitrogens with zero attached hydrogens (tertiary/aromatic N) is 5. The van der Waals surface area contributed by atoms with E-state index >= 15 is 0 Å². The number of thiophene rings is 1. The third-order valence-electron chi connectivity index (χ3n) is 4.80. The molecule has 0 aliphatic rings. The lowest BCUT2D eigenvalue weighted by Gasteiger charge is -1.97. The molecule has 0 aliphatic carbocycles. The van der Waals surface area contributed by atoms with E-state index in [0.717, 1.165) is 43.9 Å². The largest absolute Gasteiger partial charge is 0.336 e. The molecular formula is C20H14N8S. The minimum absolute atomic E-state index is 0.658. The molecule has 6 aromatic heterocycles. The molecule has 9 heteroatoms. The van der Waals surface area contributed by atoms with Crippen LogP contribution in [0.2, 0.25) is 0 Å². The molecule has 140 valence electrons. The topological polar surface area (TPSA) is 112 Å². The van der Waals surface area contributed by atoms with Gasteiger partial charge in [-0.1, -0.05) is 0 Å². The van der Waals surface area contributed by atoms with Gasteiger partial charge < -0.3 is 4.98 Å². The lowest BCUT2D eigenvalue weighted by molar-refractivity contribution is 1.09. The van der Waals surface area contributed by atoms with Crippen molar-refractivity contribution in [2.75, 3.05) is 0 Å². The Morgan fingerprint density at radius 3 is 2.69 bits per heavy atom. The summed E-state index contributed by atoms with van der Waals surface area (Å²) in [5, 5.41) is 14.3. The maximum atomic E-state index is 4.83. The van der Waals surface area contributed by atoms with Crippen molar-refractivity contribution in [2.45, 2.75) is 6.92 Å². The van der Waals surface area contributed by atoms with Gasteiger partial charge in [0.15, 0.2) is 11.5 Å². The van der Waals surface area contributed by atoms with E-state index in [1.807, 2.05) is 24.4 Å². The first kappa shape index (κ1) is 16.1. The van der Waals surface area contributed by atoms with Crippen LogP contribution in [0.1, 0.15) is 4.88 Å². The molecule has 0 radical (unpaired) electrons. The van der Waals surface area contributed by atoms with Gasteiger partial charge in [0.1, 0.15) is 16.7 Å². The van der Waals surface area contributed by atoms with Crippen molar-refractivity contribution >= 4 is 33.4 Å². The fraction of sp³-hybridized carbons (Fsp3) is 0.0500. The zero-order chi connectivity index (χ0) is 19.4. The first-order valence-electron chi connectivity index (χ1n) is 9.02. The van der Waals surface area contributed by atoms with Crippen LogP contribution in [-0.2, 0) is 0 Å². The number of H-pyrrole nitrogens is 3. The van der Waals surface area contributed by atoms with Crippen molar-refractivity contribution in [3.05, 3.63) is 53.8 Å². The summed E-state index contributed by atoms with van der Waals surface area (Å²) in [5.74, 6) is 0.658. The molecule has 0 spiro atoms. The van der Waals surface area contributed by atoms with Crippen LogP contribution in [-0.4, -0.2) is 40.3 Å². The average molecular weight is 398 g/mol. The number of aromatic amines is 3. The summed E-state index contributed by atoms with van der Waals surface area (Å²) in [5.41, 5.74) is 6.63. The fourth-order valence-electron chi connectivity index (χ4n) is 3.41. The van der Waals surface area contributed by atoms with Gasteiger partial charge in [-0.3, -0.25) is 15.2 Å². The van der Waals surface area contributed by atoms with E-state index in [-0.39, 0.29) is 0 Å². The smallest absolute Gasteiger partial charge is 0.161 e. The van der Waals surface area contributed by atoms with Gasteiger partial charge in [0.2, 0.25) is 0 Å². The van der Waals surface area contributed by atoms with Crippen LogP contribution in [0.3, 0.4) is 0 Å². The lowest BCUT2D eigenvalue weighted by atomic mass is 10.2. The Morgan fingerprint density at radius 2 is 1.86 bits per heavy atom. The summed E-state index contributed by atoms with van der Waals surface area (Å²) in [6.45, 7) is 2.09. The van der Waals surface area contributed by atoms with Crippen LogP contribution in [0.15, 0.2) is 48.9 Å². The monoisotopic (exact) mass is 398 g/mol. The summed E-state index contributed by atoms with van der Waals surface area (Å²) in [4.78, 5) is 19.9. The van der Waals surface area contributed by atoms with Crippen LogP contribution in [0.25, 0.3) is 55.4 Å². The molecule has 6 rings (SSSR count). The fourth-order valence-corrected chi connectivity index (χ4v) is 4.27. The van der Waals surface area contributed by atoms with Crippen molar-refractivity contribution in [1.82, 2.24) is 40.3 Å². The zero-order valence-corrected chi connectivity index (χ0v) is 16.1. The number of rotatable bonds is 3. The number of imidazole rings is 1. The van der Waals surface area contributed by atoms with Gasteiger partial charge in [-0.15, -0.1) is 11.3 Å². The van der Waals surface area contributed by atoms with Gasteiger partial charge in [0, 0.05) is 22.8 Å². The van der Waals surface area contributed by atoms with Crippen molar-refractivity contribution in [2.24, 2.45) is 0 Å². The van der Waals surface area contributed by atoms with Gasteiger partial charge in [0.25, 0.3) is 0 Å². The Bertz CT molecular complexity index is 1470. The lowest BCUT2D eigenvalue weighted by Crippen LogP contribution is -1.86. The molecule has 3 N–H and O–H groups in total. The highest BCUT2D eigenvalue weighted by atomic mass is 32.1. The molecule has 6 aromatic rings. The van der Waals surface area contributed by atoms with E-state index < -0.39 is 0 Å². The Hall–Kier alpha value is -3.85. The SMILES string of the molecule is Cc1ccc(-c2nccc3[nH]c(-c4n[nH]c5ccc(-c6cn[nH]c6)nc45)nc23)s1. The Kier molecular flexibility index (Phi) is 3.38. The first-order valence-corrected chi connectivity index (χ1v) is 9.84. The van der Waals surface area contributed by atoms with Gasteiger partial charge >= 0.3 is 0 Å². The second-order valence-electron chi connectivity index (χ2n) is 6.70. The van der Waals surface area contributed by atoms with Crippen LogP contribution in [0, 0.1) is 6.92 Å². The number of hydrogen-bond donors (Lipinski definition) is 3. The molecule has 0 saturated carbocycles. The molecule has 0 bridgehead atoms. The highest BCUT2D eigenvalue weighted by Gasteiger charge is 2.17. The second-order valence-corrected chi connectivity index (χ2v) is 7.99. The Morgan fingerprint density at radius 1 is 0.931 bits per heavy atom. The van der Waals surface area contributed by atoms with E-state index in [9.17, 15) is 0 Å². The number of pyridine rings is 2. The summed E-state index contributed by atoms with van der Waals surface area (Å²) in [6.07, 6.45) is 5.36. The normalized spacial score (nSPS) is 11.6. The van der Waals surface area contributed by atoms with E-state index in [0.29, 0.717) is 11.5 Å². The molecule has 0 aliphatic heterocycles. The molecule has 8 nitrogen and oxygen atoms in total. The molecule has 0 atom stereocenters. The minimum atomic E-state index is 0.658. The first-order chi connectivity index (χ1) is 14.3. The van der Waals surface area contributed by atoms with E-state index in [1.54, 1.807) is 23.7 Å². The van der Waals surface area contributed by atoms with E-state index in [2.05, 4.69) is 49.4 Å². The quantitative estimate of drug-likeness (QED) is 0.411. The van der Waals surface area contributed by atoms with E-state index in [4.69, 9.17) is 9.97 Å². The number of fused-ring (bicyclic) bond motifs is 2. The molecule has 0 saturated heterocycles. The summed E-state index contributed by atoms with van der Waals surface area (Å²) in [6, 6.07) is 10.0. The molecule has 0 fully saturated rings. The highest BCUT2D eigenvalue weighted by molar-refractivity contribution is 7.15. The van der Waals surface area contributed by atoms with Crippen molar-refractivity contribution in [3.8, 4) is 33.3 Å². The minimum Gasteiger partial charge on any atom is -0.336 e. The van der Waals surface area contributed by atoms with Gasteiger partial charge in [0.05, 0.1) is 27.8 Å². The maximum Gasteiger partial charge on any atom is 0.161 e. The predicted octanol–water partition coefficient (Wildman–Crippen LogP) is 4.32. The standard InChI is InChI=1S/C20H14N8S/c1-10-2-5-15(29-10)18-16-13(6-7-21-18)25-20(26-16)19-17-14(27-28-19)4-3-12(24-17)11-8-22-23-9-11/h2-9H,1H3,(H,22,23)(H,25,26)(H,27,28). The van der Waals surface area contributed by atoms with Crippen molar-refractivity contribution in [1.29, 1.82) is 0 Å². The van der Waals surface area contributed by atoms with Crippen LogP contribution in [0.4, 0.5) is 0 Å². The van der Waals surface area contributed by atoms with Crippen LogP contribution in [0.5, 0.6) is 0 Å². The van der Waals surface area contributed by atoms with Gasteiger partial charge in [-0.25, -0.2) is 9.97 Å². The Balaban J connectivity index is 1.53. The third kappa shape index (κ3) is 2.55. The zero-order valence-electron chi connectivity index (χ0n) is 15.3. The number of aryl methyl sites for hydroxylation is 1. The van der Waals surface area contributed by atoms with Crippen molar-refractivity contribution < 1.29 is 0 Å². The number of hydrogen-bond acceptors (Lipinski definition) is 6. The van der Waals surface area contributed by atoms with Gasteiger partial charge in [-0.2, -0.15) is 10.2 Å². The molecule has 0 unspecified atom stereocenters. The number of aromatic nitrogens is 8. The molecule has 0 amide bonds. The molecule has 0 aromatic carbocycles. The van der Waals surface area contributed by atoms with E-state index in [1.165, 1.54) is 4.88 Å².